The fourth-order valence-corrected chi connectivity index (χ4v) is 5.25. The van der Waals surface area contributed by atoms with Gasteiger partial charge in [-0.15, -0.1) is 0 Å². The number of amides is 2. The fraction of sp³-hybridized carbons (Fsp3) is 0.619. The number of benzene rings is 1. The number of hydrogen-bond acceptors (Lipinski definition) is 4. The molecule has 1 heterocycles. The molecule has 1 saturated carbocycles. The molecule has 3 rings (SSSR count). The number of carbonyl (C=O) groups is 2. The summed E-state index contributed by atoms with van der Waals surface area (Å²) >= 11 is 2.11. The second-order valence-electron chi connectivity index (χ2n) is 8.67. The van der Waals surface area contributed by atoms with Gasteiger partial charge in [0, 0.05) is 47.5 Å². The molecule has 160 valence electrons. The van der Waals surface area contributed by atoms with Crippen LogP contribution in [0.2, 0.25) is 0 Å². The Morgan fingerprint density at radius 2 is 1.86 bits per heavy atom. The van der Waals surface area contributed by atoms with Crippen molar-refractivity contribution in [2.75, 3.05) is 33.7 Å². The lowest BCUT2D eigenvalue weighted by atomic mass is 9.68. The largest absolute Gasteiger partial charge is 0.480 e. The van der Waals surface area contributed by atoms with Crippen LogP contribution < -0.4 is 3.53 Å². The van der Waals surface area contributed by atoms with Gasteiger partial charge in [-0.3, -0.25) is 13.2 Å². The highest BCUT2D eigenvalue weighted by Crippen LogP contribution is 2.48. The predicted octanol–water partition coefficient (Wildman–Crippen LogP) is 2.91. The van der Waals surface area contributed by atoms with Crippen LogP contribution in [0, 0.1) is 0 Å². The van der Waals surface area contributed by atoms with Crippen molar-refractivity contribution < 1.29 is 14.7 Å². The Bertz CT molecular complexity index is 735. The van der Waals surface area contributed by atoms with E-state index in [1.165, 1.54) is 10.5 Å². The van der Waals surface area contributed by atoms with E-state index in [9.17, 15) is 14.7 Å². The van der Waals surface area contributed by atoms with Crippen molar-refractivity contribution in [1.82, 2.24) is 18.2 Å². The van der Waals surface area contributed by atoms with Crippen LogP contribution in [-0.2, 0) is 10.3 Å². The van der Waals surface area contributed by atoms with Gasteiger partial charge in [-0.05, 0) is 52.3 Å². The Morgan fingerprint density at radius 1 is 1.24 bits per heavy atom. The summed E-state index contributed by atoms with van der Waals surface area (Å²) in [5.41, 5.74) is 0.942. The number of hydrogen-bond donors (Lipinski definition) is 2. The molecular formula is C21H31IN4O3. The van der Waals surface area contributed by atoms with Crippen molar-refractivity contribution in [2.45, 2.75) is 49.7 Å². The lowest BCUT2D eigenvalue weighted by molar-refractivity contribution is -0.137. The summed E-state index contributed by atoms with van der Waals surface area (Å²) in [4.78, 5) is 30.1. The van der Waals surface area contributed by atoms with E-state index in [1.54, 1.807) is 0 Å². The molecular weight excluding hydrogens is 483 g/mol. The number of nitrogens with one attached hydrogen (secondary N) is 1. The van der Waals surface area contributed by atoms with Crippen molar-refractivity contribution in [2.24, 2.45) is 0 Å². The average Bonchev–Trinajstić information content (AvgIpc) is 2.94. The number of rotatable bonds is 7. The minimum Gasteiger partial charge on any atom is -0.480 e. The molecule has 0 aromatic heterocycles. The number of nitrogens with zero attached hydrogens (tertiary/aromatic N) is 3. The Hall–Kier alpha value is -1.39. The molecule has 7 nitrogen and oxygen atoms in total. The number of urea groups is 1. The maximum absolute atomic E-state index is 13.1. The number of carboxylic acids is 1. The molecule has 1 unspecified atom stereocenters. The first-order valence-corrected chi connectivity index (χ1v) is 11.2. The number of carbonyl (C=O) groups excluding carboxylic acids is 1. The average molecular weight is 514 g/mol. The van der Waals surface area contributed by atoms with Crippen LogP contribution in [0.1, 0.15) is 38.2 Å². The first-order valence-electron chi connectivity index (χ1n) is 10.1. The van der Waals surface area contributed by atoms with E-state index in [-0.39, 0.29) is 29.7 Å². The number of halogens is 1. The van der Waals surface area contributed by atoms with Gasteiger partial charge in [0.2, 0.25) is 0 Å². The van der Waals surface area contributed by atoms with Crippen LogP contribution in [0.25, 0.3) is 0 Å². The Balaban J connectivity index is 1.88. The Labute approximate surface area is 186 Å². The molecule has 1 aromatic carbocycles. The molecule has 1 spiro atoms. The van der Waals surface area contributed by atoms with E-state index in [4.69, 9.17) is 0 Å². The van der Waals surface area contributed by atoms with Crippen molar-refractivity contribution in [3.8, 4) is 0 Å². The molecule has 2 fully saturated rings. The summed E-state index contributed by atoms with van der Waals surface area (Å²) in [6.45, 7) is 2.88. The van der Waals surface area contributed by atoms with Crippen molar-refractivity contribution in [1.29, 1.82) is 0 Å². The molecule has 1 aliphatic carbocycles. The molecule has 1 aromatic rings. The summed E-state index contributed by atoms with van der Waals surface area (Å²) in [6, 6.07) is 10.6. The standard InChI is InChI=1S/C21H31IN4O3/c1-16(23-22)13-26-19(29)25(14-18(27)28)15-20(26)9-11-21(12-10-20,24(2)3)17-7-5-4-6-8-17/h4-8,16,23H,9-15H2,1-3H3,(H,27,28)/t16?,20-,21+. The minimum absolute atomic E-state index is 0.0609. The van der Waals surface area contributed by atoms with E-state index in [0.717, 1.165) is 25.7 Å². The van der Waals surface area contributed by atoms with Crippen LogP contribution in [0.5, 0.6) is 0 Å². The topological polar surface area (TPSA) is 76.1 Å². The molecule has 29 heavy (non-hydrogen) atoms. The Morgan fingerprint density at radius 3 is 2.38 bits per heavy atom. The molecule has 1 atom stereocenters. The third-order valence-electron chi connectivity index (χ3n) is 6.70. The third kappa shape index (κ3) is 4.25. The summed E-state index contributed by atoms with van der Waals surface area (Å²) in [5, 5.41) is 9.26. The minimum atomic E-state index is -0.960. The SMILES string of the molecule is CC(CN1C(=O)N(CC(=O)O)C[C@]12CC[C@](c1ccccc1)(N(C)C)CC2)NI. The highest BCUT2D eigenvalue weighted by molar-refractivity contribution is 14.1. The first-order chi connectivity index (χ1) is 13.7. The third-order valence-corrected chi connectivity index (χ3v) is 7.77. The van der Waals surface area contributed by atoms with E-state index in [2.05, 4.69) is 69.7 Å². The monoisotopic (exact) mass is 514 g/mol. The van der Waals surface area contributed by atoms with Crippen LogP contribution in [-0.4, -0.2) is 77.1 Å². The number of aliphatic carboxylic acids is 1. The second kappa shape index (κ2) is 8.77. The zero-order valence-corrected chi connectivity index (χ0v) is 19.6. The first kappa shape index (κ1) is 22.3. The van der Waals surface area contributed by atoms with Gasteiger partial charge in [-0.2, -0.15) is 0 Å². The summed E-state index contributed by atoms with van der Waals surface area (Å²) < 4.78 is 3.18. The smallest absolute Gasteiger partial charge is 0.323 e. The maximum atomic E-state index is 13.1. The molecule has 8 heteroatoms. The molecule has 2 N–H and O–H groups in total. The van der Waals surface area contributed by atoms with Crippen molar-refractivity contribution in [3.05, 3.63) is 35.9 Å². The van der Waals surface area contributed by atoms with Crippen molar-refractivity contribution in [3.63, 3.8) is 0 Å². The van der Waals surface area contributed by atoms with Gasteiger partial charge < -0.3 is 14.9 Å². The van der Waals surface area contributed by atoms with Gasteiger partial charge in [-0.25, -0.2) is 4.79 Å². The van der Waals surface area contributed by atoms with Gasteiger partial charge in [0.25, 0.3) is 0 Å². The second-order valence-corrected chi connectivity index (χ2v) is 9.29. The zero-order chi connectivity index (χ0) is 21.2. The highest BCUT2D eigenvalue weighted by atomic mass is 127. The van der Waals surface area contributed by atoms with Crippen LogP contribution >= 0.6 is 22.9 Å². The molecule has 0 radical (unpaired) electrons. The summed E-state index contributed by atoms with van der Waals surface area (Å²) in [6.07, 6.45) is 3.58. The Kier molecular flexibility index (Phi) is 6.74. The maximum Gasteiger partial charge on any atom is 0.323 e. The van der Waals surface area contributed by atoms with E-state index >= 15 is 0 Å². The molecule has 1 saturated heterocycles. The lowest BCUT2D eigenvalue weighted by Gasteiger charge is -2.51. The van der Waals surface area contributed by atoms with Gasteiger partial charge in [0.05, 0.1) is 5.54 Å². The van der Waals surface area contributed by atoms with E-state index in [0.29, 0.717) is 13.1 Å². The molecule has 1 aliphatic heterocycles. The predicted molar refractivity (Wildman–Crippen MR) is 121 cm³/mol. The van der Waals surface area contributed by atoms with Crippen LogP contribution in [0.3, 0.4) is 0 Å². The molecule has 2 aliphatic rings. The van der Waals surface area contributed by atoms with Crippen molar-refractivity contribution >= 4 is 34.9 Å². The van der Waals surface area contributed by atoms with E-state index < -0.39 is 5.97 Å². The lowest BCUT2D eigenvalue weighted by Crippen LogP contribution is -2.57. The molecule has 2 amide bonds. The van der Waals surface area contributed by atoms with Gasteiger partial charge in [0.1, 0.15) is 6.54 Å². The van der Waals surface area contributed by atoms with E-state index in [1.807, 2.05) is 17.9 Å². The van der Waals surface area contributed by atoms with Gasteiger partial charge in [-0.1, -0.05) is 30.3 Å². The number of carboxylic acid groups (broad SMARTS) is 1. The quantitative estimate of drug-likeness (QED) is 0.433. The summed E-state index contributed by atoms with van der Waals surface area (Å²) in [5.74, 6) is -0.960. The van der Waals surface area contributed by atoms with Gasteiger partial charge in [0.15, 0.2) is 0 Å². The van der Waals surface area contributed by atoms with Crippen LogP contribution in [0.15, 0.2) is 30.3 Å². The van der Waals surface area contributed by atoms with Crippen LogP contribution in [0.4, 0.5) is 4.79 Å². The zero-order valence-electron chi connectivity index (χ0n) is 17.4. The van der Waals surface area contributed by atoms with Gasteiger partial charge >= 0.3 is 12.0 Å². The summed E-state index contributed by atoms with van der Waals surface area (Å²) in [7, 11) is 4.25. The highest BCUT2D eigenvalue weighted by Gasteiger charge is 2.54. The molecule has 0 bridgehead atoms. The normalized spacial score (nSPS) is 28.4. The fourth-order valence-electron chi connectivity index (χ4n) is 5.05.